The third-order valence-electron chi connectivity index (χ3n) is 5.15. The van der Waals surface area contributed by atoms with E-state index in [1.807, 2.05) is 0 Å². The maximum Gasteiger partial charge on any atom is 0.408 e. The third kappa shape index (κ3) is 4.13. The first kappa shape index (κ1) is 19.0. The minimum absolute atomic E-state index is 0.0336. The molecule has 0 atom stereocenters. The zero-order valence-corrected chi connectivity index (χ0v) is 17.0. The number of nitrogens with zero attached hydrogens (tertiary/aromatic N) is 6. The Morgan fingerprint density at radius 1 is 1.21 bits per heavy atom. The summed E-state index contributed by atoms with van der Waals surface area (Å²) < 4.78 is 77.5. The number of imidazole rings is 1. The van der Waals surface area contributed by atoms with Gasteiger partial charge in [0.25, 0.3) is 5.91 Å². The zero-order chi connectivity index (χ0) is 25.0. The Bertz CT molecular complexity index is 1430. The van der Waals surface area contributed by atoms with Gasteiger partial charge < -0.3 is 9.64 Å². The topological polar surface area (TPSA) is 77.6 Å². The molecule has 0 aliphatic carbocycles. The second kappa shape index (κ2) is 8.10. The Hall–Kier alpha value is -3.54. The first-order valence-corrected chi connectivity index (χ1v) is 9.99. The molecule has 0 radical (unpaired) electrons. The van der Waals surface area contributed by atoms with Crippen LogP contribution >= 0.6 is 0 Å². The molecule has 4 aromatic rings. The quantitative estimate of drug-likeness (QED) is 0.435. The number of ether oxygens (including phenoxy) is 1. The number of rotatable bonds is 3. The number of fused-ring (bicyclic) bond motifs is 2. The highest BCUT2D eigenvalue weighted by atomic mass is 19.4. The summed E-state index contributed by atoms with van der Waals surface area (Å²) in [5.74, 6) is -1.35. The lowest BCUT2D eigenvalue weighted by Gasteiger charge is -2.19. The van der Waals surface area contributed by atoms with E-state index >= 15 is 0 Å². The number of carbonyl (C=O) groups excluding carboxylic acids is 1. The van der Waals surface area contributed by atoms with Crippen LogP contribution in [0.25, 0.3) is 27.9 Å². The molecule has 0 saturated carbocycles. The molecule has 1 fully saturated rings. The molecule has 1 amide bonds. The molecule has 4 aromatic heterocycles. The Morgan fingerprint density at radius 2 is 2.06 bits per heavy atom. The summed E-state index contributed by atoms with van der Waals surface area (Å²) in [6, 6.07) is 3.78. The fraction of sp³-hybridized carbons (Fsp3) is 0.333. The van der Waals surface area contributed by atoms with E-state index < -0.39 is 30.9 Å². The van der Waals surface area contributed by atoms with E-state index in [0.717, 1.165) is 17.2 Å². The monoisotopic (exact) mass is 464 g/mol. The van der Waals surface area contributed by atoms with Crippen LogP contribution in [0.2, 0.25) is 0 Å². The number of carbonyl (C=O) groups is 1. The summed E-state index contributed by atoms with van der Waals surface area (Å²) in [5, 5.41) is 4.30. The smallest absolute Gasteiger partial charge is 0.380 e. The Balaban J connectivity index is 1.64. The molecule has 8 nitrogen and oxygen atoms in total. The van der Waals surface area contributed by atoms with Crippen LogP contribution < -0.4 is 0 Å². The van der Waals surface area contributed by atoms with Crippen molar-refractivity contribution in [2.45, 2.75) is 19.1 Å². The molecule has 1 aliphatic heterocycles. The van der Waals surface area contributed by atoms with Crippen LogP contribution in [0, 0.1) is 5.82 Å². The predicted octanol–water partition coefficient (Wildman–Crippen LogP) is 3.31. The van der Waals surface area contributed by atoms with Crippen LogP contribution in [0.15, 0.2) is 36.8 Å². The van der Waals surface area contributed by atoms with Gasteiger partial charge in [-0.2, -0.15) is 18.3 Å². The number of hydrogen-bond acceptors (Lipinski definition) is 5. The Labute approximate surface area is 187 Å². The van der Waals surface area contributed by atoms with Crippen molar-refractivity contribution in [1.29, 1.82) is 0 Å². The second-order valence-electron chi connectivity index (χ2n) is 7.40. The highest BCUT2D eigenvalue weighted by Gasteiger charge is 2.31. The number of aromatic nitrogens is 5. The van der Waals surface area contributed by atoms with Crippen LogP contribution in [-0.4, -0.2) is 67.4 Å². The standard InChI is InChI=1S/C21H18F4N6O2/c22-13-2-3-18-27-10-17(30(18)11-13)19-14-9-26-15(20(32)29-4-1-6-33-7-5-29)8-16(14)31(28-19)12-21(23,24)25/h2-3,8-11H,1,4-7,12H2/i4D2. The van der Waals surface area contributed by atoms with Gasteiger partial charge in [-0.3, -0.25) is 18.9 Å². The predicted molar refractivity (Wildman–Crippen MR) is 109 cm³/mol. The molecule has 0 unspecified atom stereocenters. The van der Waals surface area contributed by atoms with E-state index in [-0.39, 0.29) is 54.2 Å². The highest BCUT2D eigenvalue weighted by molar-refractivity contribution is 5.99. The van der Waals surface area contributed by atoms with Crippen LogP contribution in [0.4, 0.5) is 17.6 Å². The summed E-state index contributed by atoms with van der Waals surface area (Å²) in [4.78, 5) is 22.3. The fourth-order valence-corrected chi connectivity index (χ4v) is 3.70. The average Bonchev–Trinajstić information content (AvgIpc) is 3.28. The minimum atomic E-state index is -4.62. The van der Waals surface area contributed by atoms with E-state index in [1.165, 1.54) is 28.9 Å². The van der Waals surface area contributed by atoms with Gasteiger partial charge in [0, 0.05) is 40.2 Å². The second-order valence-corrected chi connectivity index (χ2v) is 7.40. The van der Waals surface area contributed by atoms with E-state index in [0.29, 0.717) is 10.3 Å². The highest BCUT2D eigenvalue weighted by Crippen LogP contribution is 2.31. The normalized spacial score (nSPS) is 17.8. The maximum atomic E-state index is 13.8. The maximum absolute atomic E-state index is 13.8. The van der Waals surface area contributed by atoms with Gasteiger partial charge in [0.1, 0.15) is 29.4 Å². The van der Waals surface area contributed by atoms with Gasteiger partial charge >= 0.3 is 6.18 Å². The molecule has 1 saturated heterocycles. The van der Waals surface area contributed by atoms with Crippen molar-refractivity contribution in [1.82, 2.24) is 29.0 Å². The molecule has 1 aliphatic rings. The average molecular weight is 464 g/mol. The summed E-state index contributed by atoms with van der Waals surface area (Å²) >= 11 is 0. The van der Waals surface area contributed by atoms with Crippen LogP contribution in [0.3, 0.4) is 0 Å². The number of pyridine rings is 2. The minimum Gasteiger partial charge on any atom is -0.380 e. The van der Waals surface area contributed by atoms with Crippen molar-refractivity contribution in [3.63, 3.8) is 0 Å². The molecule has 172 valence electrons. The molecule has 0 N–H and O–H groups in total. The van der Waals surface area contributed by atoms with Gasteiger partial charge in [-0.25, -0.2) is 9.37 Å². The number of alkyl halides is 3. The van der Waals surface area contributed by atoms with Gasteiger partial charge in [-0.05, 0) is 24.6 Å². The van der Waals surface area contributed by atoms with E-state index in [1.54, 1.807) is 0 Å². The van der Waals surface area contributed by atoms with Crippen molar-refractivity contribution < 1.29 is 29.8 Å². The summed E-state index contributed by atoms with van der Waals surface area (Å²) in [5.41, 5.74) is 0.418. The van der Waals surface area contributed by atoms with Gasteiger partial charge in [0.2, 0.25) is 0 Å². The third-order valence-corrected chi connectivity index (χ3v) is 5.15. The number of halogens is 4. The zero-order valence-electron chi connectivity index (χ0n) is 19.0. The SMILES string of the molecule is [2H]C1([2H])CCOCCN1C(=O)c1cc2c(cn1)c(-c1cnc3ccc(F)cn13)nn2CC(F)(F)F. The molecule has 33 heavy (non-hydrogen) atoms. The lowest BCUT2D eigenvalue weighted by Crippen LogP contribution is -2.33. The largest absolute Gasteiger partial charge is 0.408 e. The van der Waals surface area contributed by atoms with E-state index in [4.69, 9.17) is 7.48 Å². The molecule has 0 bridgehead atoms. The molecule has 0 aromatic carbocycles. The van der Waals surface area contributed by atoms with Crippen molar-refractivity contribution in [3.05, 3.63) is 48.3 Å². The fourth-order valence-electron chi connectivity index (χ4n) is 3.70. The van der Waals surface area contributed by atoms with Crippen molar-refractivity contribution in [2.75, 3.05) is 26.3 Å². The van der Waals surface area contributed by atoms with Gasteiger partial charge in [-0.15, -0.1) is 0 Å². The van der Waals surface area contributed by atoms with Crippen molar-refractivity contribution in [2.24, 2.45) is 0 Å². The molecular weight excluding hydrogens is 444 g/mol. The molecule has 12 heteroatoms. The van der Waals surface area contributed by atoms with Crippen LogP contribution in [0.1, 0.15) is 19.7 Å². The van der Waals surface area contributed by atoms with Gasteiger partial charge in [0.15, 0.2) is 0 Å². The van der Waals surface area contributed by atoms with Crippen molar-refractivity contribution >= 4 is 22.5 Å². The van der Waals surface area contributed by atoms with E-state index in [2.05, 4.69) is 15.1 Å². The van der Waals surface area contributed by atoms with Crippen LogP contribution in [0.5, 0.6) is 0 Å². The van der Waals surface area contributed by atoms with Gasteiger partial charge in [-0.1, -0.05) is 0 Å². The van der Waals surface area contributed by atoms with Crippen molar-refractivity contribution in [3.8, 4) is 11.4 Å². The van der Waals surface area contributed by atoms with Crippen LogP contribution in [-0.2, 0) is 11.3 Å². The Kier molecular flexibility index (Phi) is 4.66. The summed E-state index contributed by atoms with van der Waals surface area (Å²) in [6.07, 6.45) is -0.961. The molecule has 5 heterocycles. The first-order chi connectivity index (χ1) is 16.5. The Morgan fingerprint density at radius 3 is 2.88 bits per heavy atom. The first-order valence-electron chi connectivity index (χ1n) is 11.0. The molecule has 5 rings (SSSR count). The lowest BCUT2D eigenvalue weighted by atomic mass is 10.2. The summed E-state index contributed by atoms with van der Waals surface area (Å²) in [7, 11) is 0. The number of amides is 1. The number of hydrogen-bond donors (Lipinski definition) is 0. The summed E-state index contributed by atoms with van der Waals surface area (Å²) in [6.45, 7) is -3.24. The molecular formula is C21H18F4N6O2. The van der Waals surface area contributed by atoms with Gasteiger partial charge in [0.05, 0.1) is 24.0 Å². The molecule has 0 spiro atoms. The van der Waals surface area contributed by atoms with E-state index in [9.17, 15) is 22.4 Å². The lowest BCUT2D eigenvalue weighted by molar-refractivity contribution is -0.141.